The molecule has 110 valence electrons. The second kappa shape index (κ2) is 8.15. The average Bonchev–Trinajstić information content (AvgIpc) is 2.75. The van der Waals surface area contributed by atoms with Gasteiger partial charge < -0.3 is 10.2 Å². The number of benzene rings is 1. The van der Waals surface area contributed by atoms with Crippen LogP contribution >= 0.6 is 11.6 Å². The summed E-state index contributed by atoms with van der Waals surface area (Å²) in [4.78, 5) is 14.1. The maximum absolute atomic E-state index is 11.6. The molecule has 2 rings (SSSR count). The van der Waals surface area contributed by atoms with Gasteiger partial charge >= 0.3 is 0 Å². The quantitative estimate of drug-likeness (QED) is 0.832. The predicted octanol–water partition coefficient (Wildman–Crippen LogP) is 4.02. The summed E-state index contributed by atoms with van der Waals surface area (Å²) in [6, 6.07) is 8.17. The van der Waals surface area contributed by atoms with E-state index in [1.807, 2.05) is 12.1 Å². The van der Waals surface area contributed by atoms with Gasteiger partial charge in [-0.2, -0.15) is 0 Å². The molecule has 0 unspecified atom stereocenters. The zero-order valence-electron chi connectivity index (χ0n) is 11.9. The molecule has 20 heavy (non-hydrogen) atoms. The Hall–Kier alpha value is -1.22. The molecule has 0 radical (unpaired) electrons. The smallest absolute Gasteiger partial charge is 0.224 e. The van der Waals surface area contributed by atoms with Gasteiger partial charge in [-0.05, 0) is 43.5 Å². The summed E-state index contributed by atoms with van der Waals surface area (Å²) < 4.78 is 0. The van der Waals surface area contributed by atoms with Crippen molar-refractivity contribution >= 4 is 28.9 Å². The third kappa shape index (κ3) is 4.71. The van der Waals surface area contributed by atoms with Crippen molar-refractivity contribution in [2.45, 2.75) is 38.5 Å². The maximum atomic E-state index is 11.6. The Morgan fingerprint density at radius 1 is 1.10 bits per heavy atom. The van der Waals surface area contributed by atoms with Crippen LogP contribution in [0.3, 0.4) is 0 Å². The number of carbonyl (C=O) groups is 1. The number of nitrogens with one attached hydrogen (secondary N) is 1. The number of carbonyl (C=O) groups excluding carboxylic acids is 1. The summed E-state index contributed by atoms with van der Waals surface area (Å²) in [5, 5.41) is 2.90. The van der Waals surface area contributed by atoms with Crippen LogP contribution in [0, 0.1) is 0 Å². The van der Waals surface area contributed by atoms with Crippen LogP contribution in [-0.4, -0.2) is 24.9 Å². The molecule has 0 aliphatic carbocycles. The van der Waals surface area contributed by atoms with E-state index in [4.69, 9.17) is 11.6 Å². The van der Waals surface area contributed by atoms with E-state index >= 15 is 0 Å². The Labute approximate surface area is 126 Å². The minimum absolute atomic E-state index is 0.0353. The van der Waals surface area contributed by atoms with Crippen molar-refractivity contribution in [3.63, 3.8) is 0 Å². The van der Waals surface area contributed by atoms with Gasteiger partial charge in [0.2, 0.25) is 5.91 Å². The third-order valence-corrected chi connectivity index (χ3v) is 3.93. The molecule has 1 aliphatic rings. The summed E-state index contributed by atoms with van der Waals surface area (Å²) in [5.41, 5.74) is 2.12. The number of anilines is 2. The molecule has 0 aromatic heterocycles. The topological polar surface area (TPSA) is 32.3 Å². The van der Waals surface area contributed by atoms with Gasteiger partial charge in [-0.1, -0.05) is 12.8 Å². The Morgan fingerprint density at radius 3 is 2.35 bits per heavy atom. The lowest BCUT2D eigenvalue weighted by atomic mass is 10.2. The van der Waals surface area contributed by atoms with Gasteiger partial charge in [0.25, 0.3) is 0 Å². The predicted molar refractivity (Wildman–Crippen MR) is 85.7 cm³/mol. The van der Waals surface area contributed by atoms with Gasteiger partial charge in [-0.15, -0.1) is 11.6 Å². The molecule has 0 bridgehead atoms. The first-order chi connectivity index (χ1) is 9.79. The van der Waals surface area contributed by atoms with Gasteiger partial charge in [0, 0.05) is 36.8 Å². The number of hydrogen-bond donors (Lipinski definition) is 1. The molecule has 0 spiro atoms. The van der Waals surface area contributed by atoms with Gasteiger partial charge in [-0.25, -0.2) is 0 Å². The Morgan fingerprint density at radius 2 is 1.75 bits per heavy atom. The zero-order valence-corrected chi connectivity index (χ0v) is 12.7. The van der Waals surface area contributed by atoms with Gasteiger partial charge in [0.1, 0.15) is 0 Å². The van der Waals surface area contributed by atoms with Gasteiger partial charge in [-0.3, -0.25) is 4.79 Å². The Balaban J connectivity index is 1.90. The monoisotopic (exact) mass is 294 g/mol. The highest BCUT2D eigenvalue weighted by Gasteiger charge is 2.10. The fourth-order valence-corrected chi connectivity index (χ4v) is 2.67. The van der Waals surface area contributed by atoms with Crippen LogP contribution in [0.4, 0.5) is 11.4 Å². The number of alkyl halides is 1. The number of halogens is 1. The lowest BCUT2D eigenvalue weighted by Crippen LogP contribution is -2.23. The fourth-order valence-electron chi connectivity index (χ4n) is 2.54. The molecule has 0 atom stereocenters. The van der Waals surface area contributed by atoms with E-state index in [9.17, 15) is 4.79 Å². The Kier molecular flexibility index (Phi) is 6.19. The van der Waals surface area contributed by atoms with Crippen LogP contribution in [0.1, 0.15) is 38.5 Å². The molecule has 1 saturated heterocycles. The second-order valence-corrected chi connectivity index (χ2v) is 5.67. The highest BCUT2D eigenvalue weighted by Crippen LogP contribution is 2.21. The van der Waals surface area contributed by atoms with Crippen LogP contribution < -0.4 is 10.2 Å². The molecule has 1 aromatic carbocycles. The normalized spacial score (nSPS) is 15.8. The van der Waals surface area contributed by atoms with Crippen LogP contribution in [-0.2, 0) is 4.79 Å². The summed E-state index contributed by atoms with van der Waals surface area (Å²) in [6.45, 7) is 2.28. The molecule has 1 N–H and O–H groups in total. The Bertz CT molecular complexity index is 411. The fraction of sp³-hybridized carbons (Fsp3) is 0.562. The van der Waals surface area contributed by atoms with Crippen molar-refractivity contribution in [3.05, 3.63) is 24.3 Å². The van der Waals surface area contributed by atoms with Crippen molar-refractivity contribution in [1.29, 1.82) is 0 Å². The molecule has 1 fully saturated rings. The highest BCUT2D eigenvalue weighted by atomic mass is 35.5. The van der Waals surface area contributed by atoms with Crippen LogP contribution in [0.5, 0.6) is 0 Å². The highest BCUT2D eigenvalue weighted by molar-refractivity contribution is 6.18. The molecule has 1 amide bonds. The number of nitrogens with zero attached hydrogens (tertiary/aromatic N) is 1. The second-order valence-electron chi connectivity index (χ2n) is 5.29. The van der Waals surface area contributed by atoms with Gasteiger partial charge in [0.15, 0.2) is 0 Å². The minimum Gasteiger partial charge on any atom is -0.372 e. The number of hydrogen-bond acceptors (Lipinski definition) is 2. The largest absolute Gasteiger partial charge is 0.372 e. The number of amides is 1. The van der Waals surface area contributed by atoms with Crippen LogP contribution in [0.15, 0.2) is 24.3 Å². The van der Waals surface area contributed by atoms with Crippen molar-refractivity contribution in [1.82, 2.24) is 0 Å². The lowest BCUT2D eigenvalue weighted by Gasteiger charge is -2.22. The molecular formula is C16H23ClN2O. The van der Waals surface area contributed by atoms with E-state index in [-0.39, 0.29) is 5.91 Å². The van der Waals surface area contributed by atoms with Crippen molar-refractivity contribution in [3.8, 4) is 0 Å². The van der Waals surface area contributed by atoms with E-state index in [1.54, 1.807) is 0 Å². The van der Waals surface area contributed by atoms with E-state index in [0.717, 1.165) is 25.2 Å². The van der Waals surface area contributed by atoms with E-state index in [1.165, 1.54) is 31.4 Å². The zero-order chi connectivity index (χ0) is 14.2. The SMILES string of the molecule is O=C(CCCCl)Nc1ccc(N2CCCCCC2)cc1. The van der Waals surface area contributed by atoms with E-state index in [2.05, 4.69) is 22.3 Å². The first kappa shape index (κ1) is 15.2. The first-order valence-electron chi connectivity index (χ1n) is 7.50. The lowest BCUT2D eigenvalue weighted by molar-refractivity contribution is -0.116. The molecule has 3 nitrogen and oxygen atoms in total. The number of rotatable bonds is 5. The van der Waals surface area contributed by atoms with Crippen molar-refractivity contribution in [2.75, 3.05) is 29.2 Å². The average molecular weight is 295 g/mol. The van der Waals surface area contributed by atoms with E-state index in [0.29, 0.717) is 12.3 Å². The standard InChI is InChI=1S/C16H23ClN2O/c17-11-5-6-16(20)18-14-7-9-15(10-8-14)19-12-3-1-2-4-13-19/h7-10H,1-6,11-13H2,(H,18,20). The molecular weight excluding hydrogens is 272 g/mol. The molecule has 1 heterocycles. The summed E-state index contributed by atoms with van der Waals surface area (Å²) in [6.07, 6.45) is 6.43. The van der Waals surface area contributed by atoms with Crippen LogP contribution in [0.25, 0.3) is 0 Å². The first-order valence-corrected chi connectivity index (χ1v) is 8.04. The molecule has 1 aromatic rings. The van der Waals surface area contributed by atoms with Crippen molar-refractivity contribution in [2.24, 2.45) is 0 Å². The summed E-state index contributed by atoms with van der Waals surface area (Å²) >= 11 is 5.58. The van der Waals surface area contributed by atoms with Crippen molar-refractivity contribution < 1.29 is 4.79 Å². The van der Waals surface area contributed by atoms with Crippen LogP contribution in [0.2, 0.25) is 0 Å². The summed E-state index contributed by atoms with van der Waals surface area (Å²) in [7, 11) is 0. The maximum Gasteiger partial charge on any atom is 0.224 e. The third-order valence-electron chi connectivity index (χ3n) is 3.66. The minimum atomic E-state index is 0.0353. The molecule has 0 saturated carbocycles. The van der Waals surface area contributed by atoms with E-state index < -0.39 is 0 Å². The molecule has 1 aliphatic heterocycles. The summed E-state index contributed by atoms with van der Waals surface area (Å²) in [5.74, 6) is 0.564. The van der Waals surface area contributed by atoms with Gasteiger partial charge in [0.05, 0.1) is 0 Å². The molecule has 4 heteroatoms.